The Kier molecular flexibility index (Phi) is 4.04. The number of hydrogen-bond donors (Lipinski definition) is 1. The number of pyridine rings is 1. The highest BCUT2D eigenvalue weighted by Crippen LogP contribution is 2.30. The molecule has 3 rings (SSSR count). The third-order valence-corrected chi connectivity index (χ3v) is 4.40. The molecule has 6 heteroatoms. The molecule has 1 aliphatic heterocycles. The molecule has 1 aliphatic rings. The maximum absolute atomic E-state index is 12.4. The summed E-state index contributed by atoms with van der Waals surface area (Å²) in [6, 6.07) is 7.29. The van der Waals surface area contributed by atoms with Crippen LogP contribution in [0.5, 0.6) is 0 Å². The minimum absolute atomic E-state index is 0.102. The highest BCUT2D eigenvalue weighted by atomic mass is 35.5. The van der Waals surface area contributed by atoms with Crippen molar-refractivity contribution in [3.8, 4) is 0 Å². The number of halogens is 1. The first-order valence-corrected chi connectivity index (χ1v) is 7.80. The van der Waals surface area contributed by atoms with Crippen LogP contribution in [0.2, 0.25) is 5.02 Å². The van der Waals surface area contributed by atoms with Gasteiger partial charge in [-0.2, -0.15) is 0 Å². The molecule has 0 saturated carbocycles. The van der Waals surface area contributed by atoms with E-state index in [1.165, 1.54) is 6.20 Å². The average Bonchev–Trinajstić information content (AvgIpc) is 2.68. The van der Waals surface area contributed by atoms with Gasteiger partial charge in [-0.25, -0.2) is 0 Å². The number of fused-ring (bicyclic) bond motifs is 1. The fourth-order valence-corrected chi connectivity index (χ4v) is 3.21. The van der Waals surface area contributed by atoms with Crippen LogP contribution in [0.15, 0.2) is 30.5 Å². The molecule has 4 nitrogen and oxygen atoms in total. The Hall–Kier alpha value is -1.69. The van der Waals surface area contributed by atoms with Gasteiger partial charge in [0.2, 0.25) is 0 Å². The lowest BCUT2D eigenvalue weighted by molar-refractivity contribution is 0.0991. The van der Waals surface area contributed by atoms with E-state index in [0.29, 0.717) is 16.0 Å². The molecular formula is C17H17BClNO3. The maximum Gasteiger partial charge on any atom is 0.492 e. The lowest BCUT2D eigenvalue weighted by Crippen LogP contribution is -2.29. The van der Waals surface area contributed by atoms with Crippen molar-refractivity contribution in [2.45, 2.75) is 32.8 Å². The first kappa shape index (κ1) is 16.2. The molecule has 0 amide bonds. The zero-order valence-corrected chi connectivity index (χ0v) is 14.0. The van der Waals surface area contributed by atoms with Crippen LogP contribution < -0.4 is 5.46 Å². The van der Waals surface area contributed by atoms with Gasteiger partial charge in [-0.1, -0.05) is 29.8 Å². The van der Waals surface area contributed by atoms with E-state index >= 15 is 0 Å². The number of benzene rings is 1. The molecule has 1 aromatic carbocycles. The molecular weight excluding hydrogens is 312 g/mol. The van der Waals surface area contributed by atoms with E-state index in [2.05, 4.69) is 4.98 Å². The number of aromatic nitrogens is 1. The van der Waals surface area contributed by atoms with E-state index in [0.717, 1.165) is 16.8 Å². The summed E-state index contributed by atoms with van der Waals surface area (Å²) >= 11 is 6.12. The Balaban J connectivity index is 1.87. The quantitative estimate of drug-likeness (QED) is 0.694. The molecule has 0 saturated heterocycles. The third-order valence-electron chi connectivity index (χ3n) is 4.09. The summed E-state index contributed by atoms with van der Waals surface area (Å²) in [4.78, 5) is 16.6. The number of ketones is 1. The summed E-state index contributed by atoms with van der Waals surface area (Å²) in [7, 11) is -0.959. The predicted molar refractivity (Wildman–Crippen MR) is 90.2 cm³/mol. The first-order valence-electron chi connectivity index (χ1n) is 7.42. The van der Waals surface area contributed by atoms with Crippen LogP contribution in [0.25, 0.3) is 0 Å². The number of carbonyl (C=O) groups is 1. The Morgan fingerprint density at radius 2 is 2.13 bits per heavy atom. The second-order valence-corrected chi connectivity index (χ2v) is 6.71. The van der Waals surface area contributed by atoms with Crippen LogP contribution in [0.3, 0.4) is 0 Å². The van der Waals surface area contributed by atoms with E-state index in [1.807, 2.05) is 39.0 Å². The van der Waals surface area contributed by atoms with E-state index < -0.39 is 12.7 Å². The lowest BCUT2D eigenvalue weighted by Gasteiger charge is -2.19. The maximum atomic E-state index is 12.4. The van der Waals surface area contributed by atoms with Gasteiger partial charge in [0.25, 0.3) is 0 Å². The highest BCUT2D eigenvalue weighted by Gasteiger charge is 2.40. The summed E-state index contributed by atoms with van der Waals surface area (Å²) in [5.41, 5.74) is 3.12. The van der Waals surface area contributed by atoms with Gasteiger partial charge in [-0.05, 0) is 43.4 Å². The molecule has 0 atom stereocenters. The zero-order chi connectivity index (χ0) is 16.8. The van der Waals surface area contributed by atoms with Gasteiger partial charge >= 0.3 is 7.12 Å². The summed E-state index contributed by atoms with van der Waals surface area (Å²) in [5, 5.41) is 10.4. The molecule has 2 aromatic rings. The summed E-state index contributed by atoms with van der Waals surface area (Å²) in [5.74, 6) is -0.102. The van der Waals surface area contributed by atoms with Crippen LogP contribution >= 0.6 is 11.6 Å². The molecule has 1 N–H and O–H groups in total. The van der Waals surface area contributed by atoms with Crippen molar-refractivity contribution in [3.05, 3.63) is 57.9 Å². The molecule has 2 heterocycles. The minimum atomic E-state index is -0.959. The van der Waals surface area contributed by atoms with Gasteiger partial charge < -0.3 is 9.68 Å². The second kappa shape index (κ2) is 5.75. The van der Waals surface area contributed by atoms with Crippen LogP contribution in [0.4, 0.5) is 0 Å². The van der Waals surface area contributed by atoms with Crippen LogP contribution in [-0.4, -0.2) is 22.9 Å². The molecule has 0 aliphatic carbocycles. The fourth-order valence-electron chi connectivity index (χ4n) is 2.89. The van der Waals surface area contributed by atoms with Gasteiger partial charge in [0.1, 0.15) is 0 Å². The largest absolute Gasteiger partial charge is 0.492 e. The molecule has 1 aromatic heterocycles. The van der Waals surface area contributed by atoms with E-state index in [9.17, 15) is 9.82 Å². The number of carbonyl (C=O) groups excluding carboxylic acids is 1. The van der Waals surface area contributed by atoms with Gasteiger partial charge in [-0.3, -0.25) is 9.78 Å². The molecule has 23 heavy (non-hydrogen) atoms. The van der Waals surface area contributed by atoms with Gasteiger partial charge in [0.15, 0.2) is 5.78 Å². The van der Waals surface area contributed by atoms with Gasteiger partial charge in [0.05, 0.1) is 16.2 Å². The molecule has 0 spiro atoms. The van der Waals surface area contributed by atoms with Crippen molar-refractivity contribution < 1.29 is 14.5 Å². The van der Waals surface area contributed by atoms with Crippen molar-refractivity contribution in [3.63, 3.8) is 0 Å². The van der Waals surface area contributed by atoms with Crippen molar-refractivity contribution >= 4 is 30.0 Å². The SMILES string of the molecule is Cc1cc(Cl)c(C(=O)Cc2ccc3c(c2)B(O)OC3(C)C)cn1. The van der Waals surface area contributed by atoms with E-state index in [-0.39, 0.29) is 12.2 Å². The number of aryl methyl sites for hydroxylation is 1. The number of nitrogens with zero attached hydrogens (tertiary/aromatic N) is 1. The van der Waals surface area contributed by atoms with E-state index in [1.54, 1.807) is 6.07 Å². The molecule has 118 valence electrons. The number of Topliss-reactive ketones (excluding diaryl/α,β-unsaturated/α-hetero) is 1. The topological polar surface area (TPSA) is 59.4 Å². The van der Waals surface area contributed by atoms with Crippen LogP contribution in [0, 0.1) is 6.92 Å². The first-order chi connectivity index (χ1) is 10.8. The van der Waals surface area contributed by atoms with Crippen LogP contribution in [-0.2, 0) is 16.7 Å². The smallest absolute Gasteiger partial charge is 0.423 e. The molecule has 0 bridgehead atoms. The lowest BCUT2D eigenvalue weighted by atomic mass is 9.77. The predicted octanol–water partition coefficient (Wildman–Crippen LogP) is 2.42. The van der Waals surface area contributed by atoms with Crippen molar-refractivity contribution in [1.29, 1.82) is 0 Å². The number of hydrogen-bond acceptors (Lipinski definition) is 4. The normalized spacial score (nSPS) is 15.6. The van der Waals surface area contributed by atoms with Crippen molar-refractivity contribution in [1.82, 2.24) is 4.98 Å². The monoisotopic (exact) mass is 329 g/mol. The van der Waals surface area contributed by atoms with Crippen molar-refractivity contribution in [2.24, 2.45) is 0 Å². The minimum Gasteiger partial charge on any atom is -0.423 e. The van der Waals surface area contributed by atoms with Gasteiger partial charge in [-0.15, -0.1) is 0 Å². The molecule has 0 unspecified atom stereocenters. The third kappa shape index (κ3) is 3.04. The standard InChI is InChI=1S/C17H17BClNO3/c1-10-6-15(19)12(9-20-10)16(21)8-11-4-5-13-14(7-11)18(22)23-17(13,2)3/h4-7,9,22H,8H2,1-3H3. The fraction of sp³-hybridized carbons (Fsp3) is 0.294. The Bertz CT molecular complexity index is 791. The van der Waals surface area contributed by atoms with E-state index in [4.69, 9.17) is 16.3 Å². The Labute approximate surface area is 140 Å². The second-order valence-electron chi connectivity index (χ2n) is 6.31. The average molecular weight is 330 g/mol. The summed E-state index contributed by atoms with van der Waals surface area (Å²) in [6.07, 6.45) is 1.71. The summed E-state index contributed by atoms with van der Waals surface area (Å²) in [6.45, 7) is 5.64. The van der Waals surface area contributed by atoms with Crippen molar-refractivity contribution in [2.75, 3.05) is 0 Å². The Morgan fingerprint density at radius 1 is 1.39 bits per heavy atom. The summed E-state index contributed by atoms with van der Waals surface area (Å²) < 4.78 is 5.54. The van der Waals surface area contributed by atoms with Crippen LogP contribution in [0.1, 0.15) is 41.0 Å². The molecule has 0 fully saturated rings. The van der Waals surface area contributed by atoms with Gasteiger partial charge in [0, 0.05) is 18.3 Å². The molecule has 0 radical (unpaired) electrons. The zero-order valence-electron chi connectivity index (χ0n) is 13.3. The number of rotatable bonds is 3. The highest BCUT2D eigenvalue weighted by molar-refractivity contribution is 6.62. The Morgan fingerprint density at radius 3 is 2.83 bits per heavy atom.